The molecule has 0 saturated carbocycles. The van der Waals surface area contributed by atoms with Gasteiger partial charge < -0.3 is 15.2 Å². The Morgan fingerprint density at radius 1 is 1.04 bits per heavy atom. The van der Waals surface area contributed by atoms with Crippen molar-refractivity contribution in [2.75, 3.05) is 6.61 Å². The van der Waals surface area contributed by atoms with Crippen LogP contribution in [0.1, 0.15) is 29.6 Å². The lowest BCUT2D eigenvalue weighted by Crippen LogP contribution is -2.25. The summed E-state index contributed by atoms with van der Waals surface area (Å²) in [7, 11) is 0. The molecular weight excluding hydrogens is 354 g/mol. The maximum absolute atomic E-state index is 11.5. The summed E-state index contributed by atoms with van der Waals surface area (Å²) in [5.74, 6) is 0.0602. The lowest BCUT2D eigenvalue weighted by Gasteiger charge is -2.24. The van der Waals surface area contributed by atoms with Crippen molar-refractivity contribution in [2.45, 2.75) is 25.6 Å². The molecule has 6 nitrogen and oxygen atoms in total. The molecule has 1 aliphatic rings. The number of hydrogen-bond acceptors (Lipinski definition) is 5. The molecule has 1 aromatic carbocycles. The Morgan fingerprint density at radius 2 is 1.89 bits per heavy atom. The van der Waals surface area contributed by atoms with Crippen LogP contribution in [0.25, 0.3) is 22.4 Å². The van der Waals surface area contributed by atoms with Crippen LogP contribution >= 0.6 is 0 Å². The van der Waals surface area contributed by atoms with E-state index in [-0.39, 0.29) is 6.29 Å². The van der Waals surface area contributed by atoms with E-state index in [0.29, 0.717) is 29.2 Å². The van der Waals surface area contributed by atoms with E-state index in [9.17, 15) is 4.79 Å². The van der Waals surface area contributed by atoms with Crippen LogP contribution in [0.3, 0.4) is 0 Å². The predicted octanol–water partition coefficient (Wildman–Crippen LogP) is 3.81. The first-order valence-corrected chi connectivity index (χ1v) is 9.29. The molecule has 0 aliphatic carbocycles. The monoisotopic (exact) mass is 375 g/mol. The van der Waals surface area contributed by atoms with E-state index in [1.165, 1.54) is 6.20 Å². The number of primary amides is 1. The highest BCUT2D eigenvalue weighted by molar-refractivity contribution is 5.93. The van der Waals surface area contributed by atoms with Crippen molar-refractivity contribution in [3.8, 4) is 28.1 Å². The van der Waals surface area contributed by atoms with Gasteiger partial charge in [0.1, 0.15) is 11.4 Å². The number of nitrogens with two attached hydrogens (primary N) is 1. The third kappa shape index (κ3) is 4.02. The summed E-state index contributed by atoms with van der Waals surface area (Å²) in [6.45, 7) is 0.685. The Balaban J connectivity index is 1.76. The van der Waals surface area contributed by atoms with E-state index < -0.39 is 5.91 Å². The Morgan fingerprint density at radius 3 is 2.64 bits per heavy atom. The smallest absolute Gasteiger partial charge is 0.250 e. The Kier molecular flexibility index (Phi) is 5.30. The number of nitrogens with zero attached hydrogens (tertiary/aromatic N) is 2. The molecule has 1 saturated heterocycles. The number of pyridine rings is 2. The highest BCUT2D eigenvalue weighted by Gasteiger charge is 2.19. The molecule has 0 radical (unpaired) electrons. The molecule has 6 heteroatoms. The summed E-state index contributed by atoms with van der Waals surface area (Å²) in [4.78, 5) is 20.3. The van der Waals surface area contributed by atoms with Crippen LogP contribution in [0.2, 0.25) is 0 Å². The topological polar surface area (TPSA) is 87.3 Å². The molecule has 1 amide bonds. The molecule has 4 rings (SSSR count). The number of rotatable bonds is 5. The fourth-order valence-corrected chi connectivity index (χ4v) is 3.19. The van der Waals surface area contributed by atoms with E-state index in [0.717, 1.165) is 30.4 Å². The molecule has 3 heterocycles. The first-order chi connectivity index (χ1) is 13.7. The average Bonchev–Trinajstić information content (AvgIpc) is 2.75. The summed E-state index contributed by atoms with van der Waals surface area (Å²) in [6, 6.07) is 13.6. The minimum absolute atomic E-state index is 0.312. The zero-order valence-corrected chi connectivity index (χ0v) is 15.4. The van der Waals surface area contributed by atoms with E-state index in [1.54, 1.807) is 18.5 Å². The van der Waals surface area contributed by atoms with Crippen LogP contribution < -0.4 is 10.5 Å². The fraction of sp³-hybridized carbons (Fsp3) is 0.227. The molecular formula is C22H21N3O3. The van der Waals surface area contributed by atoms with E-state index in [2.05, 4.69) is 9.97 Å². The van der Waals surface area contributed by atoms with E-state index in [1.807, 2.05) is 36.4 Å². The molecule has 0 spiro atoms. The number of ether oxygens (including phenoxy) is 2. The highest BCUT2D eigenvalue weighted by atomic mass is 16.7. The quantitative estimate of drug-likeness (QED) is 0.733. The molecule has 2 aromatic heterocycles. The third-order valence-electron chi connectivity index (χ3n) is 4.65. The van der Waals surface area contributed by atoms with Gasteiger partial charge in [-0.1, -0.05) is 30.3 Å². The van der Waals surface area contributed by atoms with Gasteiger partial charge in [-0.3, -0.25) is 14.8 Å². The standard InChI is InChI=1S/C22H21N3O3/c23-22(26)18-10-17(12-24-13-18)21-19(28-20-8-4-5-9-27-20)11-16(14-25-21)15-6-2-1-3-7-15/h1-3,6-7,10-14,20H,4-5,8-9H2,(H2,23,26). The molecule has 28 heavy (non-hydrogen) atoms. The van der Waals surface area contributed by atoms with Gasteiger partial charge in [0.15, 0.2) is 6.29 Å². The Labute approximate surface area is 163 Å². The van der Waals surface area contributed by atoms with Crippen LogP contribution in [-0.4, -0.2) is 28.8 Å². The van der Waals surface area contributed by atoms with Crippen molar-refractivity contribution in [1.29, 1.82) is 0 Å². The number of carbonyl (C=O) groups is 1. The zero-order valence-electron chi connectivity index (χ0n) is 15.4. The molecule has 1 aliphatic heterocycles. The average molecular weight is 375 g/mol. The summed E-state index contributed by atoms with van der Waals surface area (Å²) in [5.41, 5.74) is 8.97. The lowest BCUT2D eigenvalue weighted by molar-refractivity contribution is -0.105. The fourth-order valence-electron chi connectivity index (χ4n) is 3.19. The van der Waals surface area contributed by atoms with Gasteiger partial charge in [-0.05, 0) is 30.5 Å². The second-order valence-corrected chi connectivity index (χ2v) is 6.68. The van der Waals surface area contributed by atoms with Crippen molar-refractivity contribution in [2.24, 2.45) is 5.73 Å². The predicted molar refractivity (Wildman–Crippen MR) is 106 cm³/mol. The van der Waals surface area contributed by atoms with Gasteiger partial charge in [0.2, 0.25) is 5.91 Å². The normalized spacial score (nSPS) is 16.5. The Hall–Kier alpha value is -3.25. The van der Waals surface area contributed by atoms with Crippen LogP contribution in [0.4, 0.5) is 0 Å². The van der Waals surface area contributed by atoms with Gasteiger partial charge in [-0.25, -0.2) is 0 Å². The summed E-state index contributed by atoms with van der Waals surface area (Å²) in [5, 5.41) is 0. The second kappa shape index (κ2) is 8.19. The number of aromatic nitrogens is 2. The minimum Gasteiger partial charge on any atom is -0.463 e. The number of benzene rings is 1. The van der Waals surface area contributed by atoms with Crippen molar-refractivity contribution in [3.63, 3.8) is 0 Å². The molecule has 1 unspecified atom stereocenters. The highest BCUT2D eigenvalue weighted by Crippen LogP contribution is 2.34. The number of hydrogen-bond donors (Lipinski definition) is 1. The first kappa shape index (κ1) is 18.1. The molecule has 1 atom stereocenters. The van der Waals surface area contributed by atoms with Gasteiger partial charge in [0.05, 0.1) is 12.2 Å². The van der Waals surface area contributed by atoms with Crippen LogP contribution in [-0.2, 0) is 4.74 Å². The van der Waals surface area contributed by atoms with Crippen LogP contribution in [0, 0.1) is 0 Å². The van der Waals surface area contributed by atoms with Crippen molar-refractivity contribution in [1.82, 2.24) is 9.97 Å². The molecule has 3 aromatic rings. The van der Waals surface area contributed by atoms with Gasteiger partial charge in [0.25, 0.3) is 0 Å². The van der Waals surface area contributed by atoms with Gasteiger partial charge in [0, 0.05) is 36.1 Å². The van der Waals surface area contributed by atoms with Crippen molar-refractivity contribution >= 4 is 5.91 Å². The van der Waals surface area contributed by atoms with Gasteiger partial charge in [-0.2, -0.15) is 0 Å². The van der Waals surface area contributed by atoms with Crippen LogP contribution in [0.15, 0.2) is 61.1 Å². The van der Waals surface area contributed by atoms with Gasteiger partial charge in [-0.15, -0.1) is 0 Å². The third-order valence-corrected chi connectivity index (χ3v) is 4.65. The maximum Gasteiger partial charge on any atom is 0.250 e. The van der Waals surface area contributed by atoms with E-state index in [4.69, 9.17) is 15.2 Å². The second-order valence-electron chi connectivity index (χ2n) is 6.68. The summed E-state index contributed by atoms with van der Waals surface area (Å²) >= 11 is 0. The first-order valence-electron chi connectivity index (χ1n) is 9.29. The summed E-state index contributed by atoms with van der Waals surface area (Å²) in [6.07, 6.45) is 7.49. The summed E-state index contributed by atoms with van der Waals surface area (Å²) < 4.78 is 11.9. The van der Waals surface area contributed by atoms with E-state index >= 15 is 0 Å². The SMILES string of the molecule is NC(=O)c1cncc(-c2ncc(-c3ccccc3)cc2OC2CCCCO2)c1. The zero-order chi connectivity index (χ0) is 19.3. The van der Waals surface area contributed by atoms with Crippen LogP contribution in [0.5, 0.6) is 5.75 Å². The Bertz CT molecular complexity index is 970. The number of amides is 1. The molecule has 0 bridgehead atoms. The lowest BCUT2D eigenvalue weighted by atomic mass is 10.0. The molecule has 1 fully saturated rings. The number of carbonyl (C=O) groups excluding carboxylic acids is 1. The van der Waals surface area contributed by atoms with Crippen molar-refractivity contribution in [3.05, 3.63) is 66.6 Å². The maximum atomic E-state index is 11.5. The van der Waals surface area contributed by atoms with Crippen molar-refractivity contribution < 1.29 is 14.3 Å². The minimum atomic E-state index is -0.534. The molecule has 2 N–H and O–H groups in total. The molecule has 142 valence electrons. The van der Waals surface area contributed by atoms with Gasteiger partial charge >= 0.3 is 0 Å². The largest absolute Gasteiger partial charge is 0.463 e.